The van der Waals surface area contributed by atoms with Crippen LogP contribution in [0.3, 0.4) is 0 Å². The molecule has 14 heavy (non-hydrogen) atoms. The predicted octanol–water partition coefficient (Wildman–Crippen LogP) is -1.23. The molecule has 6 heteroatoms. The van der Waals surface area contributed by atoms with E-state index >= 15 is 0 Å². The minimum absolute atomic E-state index is 1.13. The number of hydrogen-bond acceptors (Lipinski definition) is 4. The van der Waals surface area contributed by atoms with Crippen LogP contribution in [0.5, 0.6) is 0 Å². The Morgan fingerprint density at radius 3 is 1.43 bits per heavy atom. The zero-order chi connectivity index (χ0) is 11.8. The summed E-state index contributed by atoms with van der Waals surface area (Å²) in [6.45, 7) is 11.6. The predicted molar refractivity (Wildman–Crippen MR) is 55.9 cm³/mol. The number of nitrogens with two attached hydrogens (primary N) is 1. The fourth-order valence-corrected chi connectivity index (χ4v) is 0.750. The van der Waals surface area contributed by atoms with E-state index in [0.717, 1.165) is 6.92 Å². The third-order valence-electron chi connectivity index (χ3n) is 1.96. The van der Waals surface area contributed by atoms with Gasteiger partial charge < -0.3 is 15.2 Å². The minimum Gasteiger partial charge on any atom is -0.747 e. The van der Waals surface area contributed by atoms with Gasteiger partial charge >= 0.3 is 0 Å². The van der Waals surface area contributed by atoms with Crippen LogP contribution < -0.4 is 10.6 Å². The van der Waals surface area contributed by atoms with Crippen LogP contribution in [0, 0.1) is 0 Å². The number of quaternary nitrogens is 1. The van der Waals surface area contributed by atoms with E-state index in [2.05, 4.69) is 26.5 Å². The van der Waals surface area contributed by atoms with Gasteiger partial charge in [-0.2, -0.15) is 0 Å². The van der Waals surface area contributed by atoms with Crippen molar-refractivity contribution in [3.8, 4) is 0 Å². The quantitative estimate of drug-likeness (QED) is 0.587. The van der Waals surface area contributed by atoms with Gasteiger partial charge in [-0.25, -0.2) is 8.42 Å². The van der Waals surface area contributed by atoms with E-state index in [-0.39, 0.29) is 0 Å². The van der Waals surface area contributed by atoms with Crippen molar-refractivity contribution >= 4 is 10.1 Å². The molecule has 0 aromatic carbocycles. The lowest BCUT2D eigenvalue weighted by molar-refractivity contribution is -0.894. The van der Waals surface area contributed by atoms with Crippen LogP contribution in [0.2, 0.25) is 0 Å². The monoisotopic (exact) mass is 226 g/mol. The Bertz CT molecular complexity index is 205. The van der Waals surface area contributed by atoms with E-state index < -0.39 is 15.5 Å². The number of rotatable bonds is 4. The molecule has 0 aromatic rings. The Morgan fingerprint density at radius 1 is 1.21 bits per heavy atom. The molecular weight excluding hydrogens is 204 g/mol. The van der Waals surface area contributed by atoms with E-state index in [1.54, 1.807) is 4.90 Å². The van der Waals surface area contributed by atoms with Crippen molar-refractivity contribution in [1.29, 1.82) is 0 Å². The summed E-state index contributed by atoms with van der Waals surface area (Å²) in [5.41, 5.74) is 4.67. The fourth-order valence-electron chi connectivity index (χ4n) is 0.750. The maximum absolute atomic E-state index is 9.65. The highest BCUT2D eigenvalue weighted by Crippen LogP contribution is 1.84. The summed E-state index contributed by atoms with van der Waals surface area (Å²) in [5, 5.41) is -1.28. The lowest BCUT2D eigenvalue weighted by Gasteiger charge is -2.10. The van der Waals surface area contributed by atoms with Crippen LogP contribution in [0.15, 0.2) is 0 Å². The lowest BCUT2D eigenvalue weighted by atomic mass is 10.5. The third kappa shape index (κ3) is 9.91. The van der Waals surface area contributed by atoms with Gasteiger partial charge in [-0.1, -0.05) is 0 Å². The maximum Gasteiger partial charge on any atom is 0.110 e. The molecule has 0 aromatic heterocycles. The number of hydrogen-bond donors (Lipinski definition) is 2. The van der Waals surface area contributed by atoms with Crippen molar-refractivity contribution in [1.82, 2.24) is 0 Å². The van der Waals surface area contributed by atoms with Gasteiger partial charge in [0.2, 0.25) is 0 Å². The number of nitrogens with one attached hydrogen (secondary N) is 1. The second-order valence-corrected chi connectivity index (χ2v) is 4.74. The molecule has 88 valence electrons. The van der Waals surface area contributed by atoms with Crippen LogP contribution in [0.25, 0.3) is 0 Å². The van der Waals surface area contributed by atoms with Gasteiger partial charge in [0.05, 0.1) is 25.0 Å². The largest absolute Gasteiger partial charge is 0.747 e. The molecule has 0 saturated carbocycles. The van der Waals surface area contributed by atoms with Crippen LogP contribution in [-0.4, -0.2) is 38.0 Å². The smallest absolute Gasteiger partial charge is 0.110 e. The van der Waals surface area contributed by atoms with E-state index in [1.807, 2.05) is 0 Å². The first-order valence-corrected chi connectivity index (χ1v) is 6.30. The van der Waals surface area contributed by atoms with Gasteiger partial charge in [-0.05, 0) is 27.7 Å². The van der Waals surface area contributed by atoms with E-state index in [4.69, 9.17) is 0 Å². The summed E-state index contributed by atoms with van der Waals surface area (Å²) in [6.07, 6.45) is 0. The molecule has 0 aliphatic carbocycles. The molecule has 3 N–H and O–H groups in total. The van der Waals surface area contributed by atoms with Crippen LogP contribution >= 0.6 is 0 Å². The molecule has 5 nitrogen and oxygen atoms in total. The summed E-state index contributed by atoms with van der Waals surface area (Å²) in [6, 6.07) is 0. The standard InChI is InChI=1S/C6H15N.C2H7NO3S/c1-4-7(5-2)6-3;1-2(3)7(4,5)6/h4-6H2,1-3H3;2H,3H2,1H3,(H,4,5,6). The highest BCUT2D eigenvalue weighted by molar-refractivity contribution is 7.86. The van der Waals surface area contributed by atoms with Crippen molar-refractivity contribution in [2.24, 2.45) is 5.73 Å². The molecule has 0 heterocycles. The Labute approximate surface area is 87.0 Å². The lowest BCUT2D eigenvalue weighted by Crippen LogP contribution is -3.11. The van der Waals surface area contributed by atoms with Crippen LogP contribution in [-0.2, 0) is 10.1 Å². The zero-order valence-electron chi connectivity index (χ0n) is 9.41. The summed E-state index contributed by atoms with van der Waals surface area (Å²) in [4.78, 5) is 1.68. The summed E-state index contributed by atoms with van der Waals surface area (Å²) < 4.78 is 29.0. The SMILES string of the molecule is CC(N)S(=O)(=O)[O-].CC[NH+](CC)CC. The van der Waals surface area contributed by atoms with Gasteiger partial charge in [0.25, 0.3) is 0 Å². The van der Waals surface area contributed by atoms with Crippen molar-refractivity contribution < 1.29 is 17.9 Å². The van der Waals surface area contributed by atoms with E-state index in [9.17, 15) is 13.0 Å². The highest BCUT2D eigenvalue weighted by atomic mass is 32.2. The second kappa shape index (κ2) is 8.16. The molecular formula is C8H22N2O3S. The summed E-state index contributed by atoms with van der Waals surface area (Å²) in [7, 11) is -4.21. The first kappa shape index (κ1) is 16.3. The zero-order valence-corrected chi connectivity index (χ0v) is 10.2. The molecule has 0 amide bonds. The molecule has 0 rings (SSSR count). The molecule has 0 spiro atoms. The fraction of sp³-hybridized carbons (Fsp3) is 1.00. The van der Waals surface area contributed by atoms with Crippen LogP contribution in [0.4, 0.5) is 0 Å². The summed E-state index contributed by atoms with van der Waals surface area (Å²) in [5.74, 6) is 0. The Kier molecular flexibility index (Phi) is 9.49. The highest BCUT2D eigenvalue weighted by Gasteiger charge is 1.98. The van der Waals surface area contributed by atoms with Crippen molar-refractivity contribution in [2.75, 3.05) is 19.6 Å². The molecule has 0 aliphatic heterocycles. The average Bonchev–Trinajstić information content (AvgIpc) is 2.07. The normalized spacial score (nSPS) is 13.4. The van der Waals surface area contributed by atoms with E-state index in [1.165, 1.54) is 19.6 Å². The first-order chi connectivity index (χ1) is 6.29. The second-order valence-electron chi connectivity index (χ2n) is 3.01. The maximum atomic E-state index is 9.65. The molecule has 1 atom stereocenters. The van der Waals surface area contributed by atoms with Gasteiger partial charge in [0.1, 0.15) is 10.1 Å². The summed E-state index contributed by atoms with van der Waals surface area (Å²) >= 11 is 0. The average molecular weight is 226 g/mol. The Morgan fingerprint density at radius 2 is 1.43 bits per heavy atom. The molecule has 0 radical (unpaired) electrons. The molecule has 0 bridgehead atoms. The van der Waals surface area contributed by atoms with Gasteiger partial charge in [0.15, 0.2) is 0 Å². The Balaban J connectivity index is 0. The van der Waals surface area contributed by atoms with Gasteiger partial charge in [-0.15, -0.1) is 0 Å². The van der Waals surface area contributed by atoms with Gasteiger partial charge in [0, 0.05) is 0 Å². The van der Waals surface area contributed by atoms with Gasteiger partial charge in [-0.3, -0.25) is 0 Å². The topological polar surface area (TPSA) is 87.7 Å². The van der Waals surface area contributed by atoms with Crippen LogP contribution in [0.1, 0.15) is 27.7 Å². The van der Waals surface area contributed by atoms with Crippen molar-refractivity contribution in [3.05, 3.63) is 0 Å². The molecule has 0 fully saturated rings. The first-order valence-electron chi connectivity index (χ1n) is 4.83. The molecule has 0 aliphatic rings. The van der Waals surface area contributed by atoms with Crippen molar-refractivity contribution in [3.63, 3.8) is 0 Å². The molecule has 1 unspecified atom stereocenters. The Hall–Kier alpha value is -0.170. The minimum atomic E-state index is -4.21. The van der Waals surface area contributed by atoms with Crippen molar-refractivity contribution in [2.45, 2.75) is 33.1 Å². The van der Waals surface area contributed by atoms with E-state index in [0.29, 0.717) is 0 Å². The third-order valence-corrected chi connectivity index (χ3v) is 2.87. The molecule has 0 saturated heterocycles.